The molecule has 12 heteroatoms. The molecule has 2 heterocycles. The van der Waals surface area contributed by atoms with Crippen LogP contribution in [0.25, 0.3) is 0 Å². The van der Waals surface area contributed by atoms with Gasteiger partial charge < -0.3 is 19.3 Å². The second-order valence-corrected chi connectivity index (χ2v) is 14.5. The third kappa shape index (κ3) is 8.68. The number of urea groups is 1. The normalized spacial score (nSPS) is 18.0. The molecule has 9 nitrogen and oxygen atoms in total. The zero-order chi connectivity index (χ0) is 35.5. The van der Waals surface area contributed by atoms with E-state index in [1.165, 1.54) is 0 Å². The molecule has 3 aromatic carbocycles. The van der Waals surface area contributed by atoms with Gasteiger partial charge in [-0.25, -0.2) is 4.79 Å². The summed E-state index contributed by atoms with van der Waals surface area (Å²) in [7, 11) is 3.51. The molecule has 0 saturated carbocycles. The van der Waals surface area contributed by atoms with E-state index in [0.717, 1.165) is 22.4 Å². The number of benzene rings is 3. The van der Waals surface area contributed by atoms with Gasteiger partial charge in [0, 0.05) is 55.9 Å². The number of amidine groups is 1. The monoisotopic (exact) mass is 743 g/mol. The van der Waals surface area contributed by atoms with E-state index in [-0.39, 0.29) is 29.8 Å². The first-order valence-electron chi connectivity index (χ1n) is 16.9. The molecule has 2 atom stereocenters. The maximum atomic E-state index is 15.0. The summed E-state index contributed by atoms with van der Waals surface area (Å²) >= 11 is 12.7. The smallest absolute Gasteiger partial charge is 0.326 e. The lowest BCUT2D eigenvalue weighted by molar-refractivity contribution is -0.130. The number of carbonyl (C=O) groups is 2. The van der Waals surface area contributed by atoms with Crippen molar-refractivity contribution < 1.29 is 19.1 Å². The molecule has 0 bridgehead atoms. The summed E-state index contributed by atoms with van der Waals surface area (Å²) in [5, 5.41) is 1.22. The predicted molar refractivity (Wildman–Crippen MR) is 204 cm³/mol. The zero-order valence-corrected chi connectivity index (χ0v) is 32.2. The average molecular weight is 745 g/mol. The lowest BCUT2D eigenvalue weighted by atomic mass is 9.85. The molecular weight excluding hydrogens is 697 g/mol. The number of nitrogens with zero attached hydrogens (tertiary/aromatic N) is 5. The van der Waals surface area contributed by atoms with Gasteiger partial charge >= 0.3 is 6.03 Å². The molecule has 0 N–H and O–H groups in total. The van der Waals surface area contributed by atoms with Crippen molar-refractivity contribution in [2.75, 3.05) is 60.0 Å². The van der Waals surface area contributed by atoms with Crippen LogP contribution < -0.4 is 9.47 Å². The third-order valence-electron chi connectivity index (χ3n) is 8.93. The first kappa shape index (κ1) is 39.3. The standard InChI is InChI=1S/C38H47Cl2N5O4.ClH/c1-8-48-31-23-30(38(3,4)5)32(49-9-2)22-29(31)36-41-34(25-10-14-27(39)15-11-25)35(26-12-16-28(40)17-13-26)45(36)37(47)44-20-18-43(19-21-44)24-33(46)42(6)7;/h10-17,22-23,34-35H,8-9,18-21,24H2,1-7H3;1H/t34-,35+;/m0./s1. The summed E-state index contributed by atoms with van der Waals surface area (Å²) in [6.07, 6.45) is 0. The van der Waals surface area contributed by atoms with Gasteiger partial charge in [0.1, 0.15) is 23.4 Å². The number of rotatable bonds is 9. The fourth-order valence-electron chi connectivity index (χ4n) is 6.31. The van der Waals surface area contributed by atoms with Crippen LogP contribution in [-0.4, -0.2) is 97.4 Å². The topological polar surface area (TPSA) is 77.9 Å². The van der Waals surface area contributed by atoms with Crippen molar-refractivity contribution in [3.8, 4) is 11.5 Å². The van der Waals surface area contributed by atoms with E-state index >= 15 is 0 Å². The summed E-state index contributed by atoms with van der Waals surface area (Å²) in [5.74, 6) is 1.89. The Labute approximate surface area is 312 Å². The molecule has 0 unspecified atom stereocenters. The van der Waals surface area contributed by atoms with Gasteiger partial charge in [-0.1, -0.05) is 68.2 Å². The fraction of sp³-hybridized carbons (Fsp3) is 0.447. The number of piperazine rings is 1. The zero-order valence-electron chi connectivity index (χ0n) is 29.9. The molecule has 5 rings (SSSR count). The van der Waals surface area contributed by atoms with Crippen LogP contribution in [0.4, 0.5) is 4.79 Å². The van der Waals surface area contributed by atoms with Crippen LogP contribution in [0, 0.1) is 0 Å². The Morgan fingerprint density at radius 2 is 1.38 bits per heavy atom. The highest BCUT2D eigenvalue weighted by Gasteiger charge is 2.45. The van der Waals surface area contributed by atoms with E-state index in [2.05, 4.69) is 25.7 Å². The Morgan fingerprint density at radius 3 is 1.90 bits per heavy atom. The van der Waals surface area contributed by atoms with Crippen molar-refractivity contribution in [2.45, 2.75) is 52.1 Å². The van der Waals surface area contributed by atoms with E-state index < -0.39 is 12.1 Å². The van der Waals surface area contributed by atoms with Gasteiger partial charge in [0.15, 0.2) is 0 Å². The minimum atomic E-state index is -0.499. The van der Waals surface area contributed by atoms with Crippen LogP contribution in [-0.2, 0) is 10.2 Å². The Hall–Kier alpha value is -3.50. The van der Waals surface area contributed by atoms with Crippen LogP contribution in [0.5, 0.6) is 11.5 Å². The van der Waals surface area contributed by atoms with Crippen LogP contribution in [0.15, 0.2) is 65.7 Å². The first-order chi connectivity index (χ1) is 23.3. The highest BCUT2D eigenvalue weighted by atomic mass is 35.5. The number of halogens is 3. The van der Waals surface area contributed by atoms with Crippen molar-refractivity contribution >= 4 is 53.4 Å². The quantitative estimate of drug-likeness (QED) is 0.223. The van der Waals surface area contributed by atoms with Gasteiger partial charge in [-0.05, 0) is 66.8 Å². The molecule has 50 heavy (non-hydrogen) atoms. The molecule has 3 amide bonds. The summed E-state index contributed by atoms with van der Waals surface area (Å²) in [4.78, 5) is 40.1. The van der Waals surface area contributed by atoms with Crippen LogP contribution in [0.3, 0.4) is 0 Å². The maximum Gasteiger partial charge on any atom is 0.326 e. The molecule has 2 aliphatic heterocycles. The number of aliphatic imine (C=N–C) groups is 1. The SMILES string of the molecule is CCOc1cc(C(C)(C)C)c(OCC)cc1C1=N[C@@H](c2ccc(Cl)cc2)[C@@H](c2ccc(Cl)cc2)N1C(=O)N1CCN(CC(=O)N(C)C)CC1.Cl. The van der Waals surface area contributed by atoms with Crippen LogP contribution >= 0.6 is 35.6 Å². The van der Waals surface area contributed by atoms with Crippen molar-refractivity contribution in [3.05, 3.63) is 93.0 Å². The minimum absolute atomic E-state index is 0. The molecule has 270 valence electrons. The van der Waals surface area contributed by atoms with E-state index in [4.69, 9.17) is 37.7 Å². The predicted octanol–water partition coefficient (Wildman–Crippen LogP) is 7.88. The highest BCUT2D eigenvalue weighted by Crippen LogP contribution is 2.47. The Morgan fingerprint density at radius 1 is 0.840 bits per heavy atom. The summed E-state index contributed by atoms with van der Waals surface area (Å²) in [5.41, 5.74) is 3.26. The number of hydrogen-bond donors (Lipinski definition) is 0. The maximum absolute atomic E-state index is 15.0. The van der Waals surface area contributed by atoms with Crippen molar-refractivity contribution in [1.82, 2.24) is 19.6 Å². The van der Waals surface area contributed by atoms with Gasteiger partial charge in [-0.3, -0.25) is 19.6 Å². The molecule has 3 aromatic rings. The van der Waals surface area contributed by atoms with Gasteiger partial charge in [-0.15, -0.1) is 12.4 Å². The summed E-state index contributed by atoms with van der Waals surface area (Å²) < 4.78 is 12.5. The first-order valence-corrected chi connectivity index (χ1v) is 17.6. The Bertz CT molecular complexity index is 1670. The molecule has 2 aliphatic rings. The molecule has 0 spiro atoms. The molecule has 0 radical (unpaired) electrons. The fourth-order valence-corrected chi connectivity index (χ4v) is 6.56. The summed E-state index contributed by atoms with van der Waals surface area (Å²) in [6, 6.07) is 18.1. The number of amides is 3. The van der Waals surface area contributed by atoms with E-state index in [1.807, 2.05) is 84.3 Å². The van der Waals surface area contributed by atoms with Gasteiger partial charge in [0.2, 0.25) is 5.91 Å². The van der Waals surface area contributed by atoms with Crippen molar-refractivity contribution in [2.24, 2.45) is 4.99 Å². The number of carbonyl (C=O) groups excluding carboxylic acids is 2. The molecular formula is C38H48Cl3N5O4. The summed E-state index contributed by atoms with van der Waals surface area (Å²) in [6.45, 7) is 13.7. The van der Waals surface area contributed by atoms with Crippen molar-refractivity contribution in [1.29, 1.82) is 0 Å². The molecule has 0 aliphatic carbocycles. The highest BCUT2D eigenvalue weighted by molar-refractivity contribution is 6.30. The van der Waals surface area contributed by atoms with Gasteiger partial charge in [0.05, 0.1) is 31.4 Å². The Balaban J connectivity index is 0.00000562. The lowest BCUT2D eigenvalue weighted by Crippen LogP contribution is -2.55. The Kier molecular flexibility index (Phi) is 13.1. The van der Waals surface area contributed by atoms with Crippen LogP contribution in [0.2, 0.25) is 10.0 Å². The van der Waals surface area contributed by atoms with Crippen LogP contribution in [0.1, 0.15) is 69.0 Å². The van der Waals surface area contributed by atoms with Crippen molar-refractivity contribution in [3.63, 3.8) is 0 Å². The van der Waals surface area contributed by atoms with Gasteiger partial charge in [-0.2, -0.15) is 0 Å². The second kappa shape index (κ2) is 16.7. The average Bonchev–Trinajstić information content (AvgIpc) is 3.46. The van der Waals surface area contributed by atoms with E-state index in [9.17, 15) is 9.59 Å². The molecule has 1 fully saturated rings. The number of likely N-dealkylation sites (N-methyl/N-ethyl adjacent to an activating group) is 1. The second-order valence-electron chi connectivity index (χ2n) is 13.6. The van der Waals surface area contributed by atoms with E-state index in [0.29, 0.717) is 73.1 Å². The minimum Gasteiger partial charge on any atom is -0.494 e. The number of hydrogen-bond acceptors (Lipinski definition) is 6. The van der Waals surface area contributed by atoms with Gasteiger partial charge in [0.25, 0.3) is 0 Å². The largest absolute Gasteiger partial charge is 0.494 e. The van der Waals surface area contributed by atoms with E-state index in [1.54, 1.807) is 19.0 Å². The third-order valence-corrected chi connectivity index (χ3v) is 9.43. The lowest BCUT2D eigenvalue weighted by Gasteiger charge is -2.39. The molecule has 1 saturated heterocycles. The molecule has 0 aromatic heterocycles. The number of ether oxygens (including phenoxy) is 2.